The van der Waals surface area contributed by atoms with Crippen molar-refractivity contribution in [3.05, 3.63) is 35.4 Å². The fraction of sp³-hybridized carbons (Fsp3) is 0.222. The van der Waals surface area contributed by atoms with E-state index in [0.717, 1.165) is 11.8 Å². The highest BCUT2D eigenvalue weighted by molar-refractivity contribution is 9.09. The normalized spacial score (nSPS) is 12.5. The largest absolute Gasteiger partial charge is 0.302 e. The molecule has 11 heavy (non-hydrogen) atoms. The van der Waals surface area contributed by atoms with Crippen molar-refractivity contribution >= 4 is 22.2 Å². The summed E-state index contributed by atoms with van der Waals surface area (Å²) >= 11 is 3.24. The van der Waals surface area contributed by atoms with Crippen LogP contribution in [0.1, 0.15) is 16.0 Å². The van der Waals surface area contributed by atoms with Crippen molar-refractivity contribution < 1.29 is 4.79 Å². The predicted octanol–water partition coefficient (Wildman–Crippen LogP) is 2.63. The van der Waals surface area contributed by atoms with Gasteiger partial charge in [0.05, 0.1) is 4.83 Å². The molecule has 1 nitrogen and oxygen atoms in total. The number of halogens is 1. The van der Waals surface area contributed by atoms with E-state index in [1.54, 1.807) is 0 Å². The Morgan fingerprint density at radius 2 is 1.91 bits per heavy atom. The van der Waals surface area contributed by atoms with E-state index in [2.05, 4.69) is 15.9 Å². The van der Waals surface area contributed by atoms with Crippen LogP contribution in [0, 0.1) is 6.92 Å². The van der Waals surface area contributed by atoms with E-state index in [4.69, 9.17) is 0 Å². The van der Waals surface area contributed by atoms with Gasteiger partial charge < -0.3 is 4.79 Å². The van der Waals surface area contributed by atoms with Gasteiger partial charge in [-0.1, -0.05) is 45.8 Å². The van der Waals surface area contributed by atoms with Gasteiger partial charge in [0.2, 0.25) is 0 Å². The molecule has 0 saturated carbocycles. The molecule has 0 radical (unpaired) electrons. The van der Waals surface area contributed by atoms with Crippen molar-refractivity contribution in [2.75, 3.05) is 0 Å². The lowest BCUT2D eigenvalue weighted by atomic mass is 10.1. The molecular formula is C9H9BrO. The third kappa shape index (κ3) is 2.15. The number of hydrogen-bond acceptors (Lipinski definition) is 1. The van der Waals surface area contributed by atoms with Gasteiger partial charge in [0.15, 0.2) is 0 Å². The van der Waals surface area contributed by atoms with Gasteiger partial charge in [0, 0.05) is 0 Å². The van der Waals surface area contributed by atoms with E-state index in [9.17, 15) is 4.79 Å². The molecule has 1 aromatic carbocycles. The minimum Gasteiger partial charge on any atom is -0.302 e. The summed E-state index contributed by atoms with van der Waals surface area (Å²) in [5.41, 5.74) is 2.21. The number of rotatable bonds is 2. The molecular weight excluding hydrogens is 204 g/mol. The van der Waals surface area contributed by atoms with Crippen LogP contribution in [0.15, 0.2) is 24.3 Å². The minimum atomic E-state index is -0.164. The Morgan fingerprint density at radius 1 is 1.36 bits per heavy atom. The molecule has 0 N–H and O–H groups in total. The summed E-state index contributed by atoms with van der Waals surface area (Å²) in [6.45, 7) is 2.02. The highest BCUT2D eigenvalue weighted by atomic mass is 79.9. The van der Waals surface area contributed by atoms with Gasteiger partial charge in [-0.2, -0.15) is 0 Å². The number of alkyl halides is 1. The molecule has 0 aromatic heterocycles. The molecule has 1 aromatic rings. The summed E-state index contributed by atoms with van der Waals surface area (Å²) in [5, 5.41) is 0. The zero-order valence-electron chi connectivity index (χ0n) is 6.25. The van der Waals surface area contributed by atoms with Gasteiger partial charge in [0.1, 0.15) is 6.29 Å². The first-order chi connectivity index (χ1) is 5.24. The number of carbonyl (C=O) groups excluding carboxylic acids is 1. The number of benzene rings is 1. The van der Waals surface area contributed by atoms with Crippen LogP contribution in [0.3, 0.4) is 0 Å². The highest BCUT2D eigenvalue weighted by Crippen LogP contribution is 2.19. The Balaban J connectivity index is 2.89. The van der Waals surface area contributed by atoms with Gasteiger partial charge in [0.25, 0.3) is 0 Å². The zero-order valence-corrected chi connectivity index (χ0v) is 7.84. The molecule has 2 heteroatoms. The number of hydrogen-bond donors (Lipinski definition) is 0. The average molecular weight is 213 g/mol. The molecule has 0 aliphatic rings. The van der Waals surface area contributed by atoms with Gasteiger partial charge in [-0.25, -0.2) is 0 Å². The van der Waals surface area contributed by atoms with E-state index in [0.29, 0.717) is 0 Å². The minimum absolute atomic E-state index is 0.164. The van der Waals surface area contributed by atoms with Crippen LogP contribution in [0.2, 0.25) is 0 Å². The van der Waals surface area contributed by atoms with Gasteiger partial charge in [-0.15, -0.1) is 0 Å². The van der Waals surface area contributed by atoms with Crippen LogP contribution in [-0.4, -0.2) is 6.29 Å². The number of carbonyl (C=O) groups is 1. The zero-order chi connectivity index (χ0) is 8.27. The van der Waals surface area contributed by atoms with E-state index in [1.165, 1.54) is 5.56 Å². The maximum absolute atomic E-state index is 10.3. The summed E-state index contributed by atoms with van der Waals surface area (Å²) in [5.74, 6) is 0. The van der Waals surface area contributed by atoms with E-state index < -0.39 is 0 Å². The van der Waals surface area contributed by atoms with Gasteiger partial charge in [-0.05, 0) is 12.5 Å². The summed E-state index contributed by atoms with van der Waals surface area (Å²) in [7, 11) is 0. The molecule has 1 rings (SSSR count). The Bertz CT molecular complexity index is 240. The highest BCUT2D eigenvalue weighted by Gasteiger charge is 2.02. The topological polar surface area (TPSA) is 17.1 Å². The first-order valence-electron chi connectivity index (χ1n) is 3.40. The Labute approximate surface area is 74.6 Å². The van der Waals surface area contributed by atoms with Crippen molar-refractivity contribution in [2.24, 2.45) is 0 Å². The molecule has 1 unspecified atom stereocenters. The summed E-state index contributed by atoms with van der Waals surface area (Å²) < 4.78 is 0. The van der Waals surface area contributed by atoms with Crippen molar-refractivity contribution in [3.8, 4) is 0 Å². The van der Waals surface area contributed by atoms with Crippen LogP contribution in [-0.2, 0) is 4.79 Å². The Morgan fingerprint density at radius 3 is 2.36 bits per heavy atom. The van der Waals surface area contributed by atoms with Crippen molar-refractivity contribution in [1.82, 2.24) is 0 Å². The standard InChI is InChI=1S/C9H9BrO/c1-7-2-4-8(5-3-7)9(10)6-11/h2-6,9H,1H3. The van der Waals surface area contributed by atoms with Crippen LogP contribution in [0.4, 0.5) is 0 Å². The first kappa shape index (κ1) is 8.47. The second-order valence-electron chi connectivity index (χ2n) is 2.45. The Hall–Kier alpha value is -0.630. The van der Waals surface area contributed by atoms with Crippen LogP contribution >= 0.6 is 15.9 Å². The predicted molar refractivity (Wildman–Crippen MR) is 48.9 cm³/mol. The molecule has 0 fully saturated rings. The SMILES string of the molecule is Cc1ccc(C(Br)C=O)cc1. The lowest BCUT2D eigenvalue weighted by molar-refractivity contribution is -0.107. The maximum atomic E-state index is 10.3. The van der Waals surface area contributed by atoms with Gasteiger partial charge in [-0.3, -0.25) is 0 Å². The lowest BCUT2D eigenvalue weighted by Crippen LogP contribution is -1.89. The van der Waals surface area contributed by atoms with Gasteiger partial charge >= 0.3 is 0 Å². The molecule has 0 aliphatic carbocycles. The molecule has 0 bridgehead atoms. The molecule has 0 amide bonds. The first-order valence-corrected chi connectivity index (χ1v) is 4.31. The van der Waals surface area contributed by atoms with E-state index in [1.807, 2.05) is 31.2 Å². The van der Waals surface area contributed by atoms with E-state index >= 15 is 0 Å². The molecule has 0 aliphatic heterocycles. The van der Waals surface area contributed by atoms with Crippen LogP contribution in [0.5, 0.6) is 0 Å². The molecule has 0 saturated heterocycles. The fourth-order valence-corrected chi connectivity index (χ4v) is 1.13. The summed E-state index contributed by atoms with van der Waals surface area (Å²) in [6, 6.07) is 7.88. The lowest BCUT2D eigenvalue weighted by Gasteiger charge is -2.01. The van der Waals surface area contributed by atoms with Crippen molar-refractivity contribution in [2.45, 2.75) is 11.8 Å². The third-order valence-electron chi connectivity index (χ3n) is 1.52. The summed E-state index contributed by atoms with van der Waals surface area (Å²) in [4.78, 5) is 10.2. The molecule has 58 valence electrons. The van der Waals surface area contributed by atoms with E-state index in [-0.39, 0.29) is 4.83 Å². The summed E-state index contributed by atoms with van der Waals surface area (Å²) in [6.07, 6.45) is 0.880. The van der Waals surface area contributed by atoms with Crippen LogP contribution in [0.25, 0.3) is 0 Å². The fourth-order valence-electron chi connectivity index (χ4n) is 0.829. The molecule has 0 heterocycles. The second-order valence-corrected chi connectivity index (χ2v) is 3.44. The third-order valence-corrected chi connectivity index (χ3v) is 2.26. The maximum Gasteiger partial charge on any atom is 0.138 e. The Kier molecular flexibility index (Phi) is 2.83. The van der Waals surface area contributed by atoms with Crippen molar-refractivity contribution in [3.63, 3.8) is 0 Å². The number of aryl methyl sites for hydroxylation is 1. The van der Waals surface area contributed by atoms with Crippen LogP contribution < -0.4 is 0 Å². The second kappa shape index (κ2) is 3.67. The quantitative estimate of drug-likeness (QED) is 0.545. The molecule has 0 spiro atoms. The smallest absolute Gasteiger partial charge is 0.138 e. The number of aldehydes is 1. The monoisotopic (exact) mass is 212 g/mol. The average Bonchev–Trinajstić information content (AvgIpc) is 2.05. The van der Waals surface area contributed by atoms with Crippen molar-refractivity contribution in [1.29, 1.82) is 0 Å². The molecule has 1 atom stereocenters.